The van der Waals surface area contributed by atoms with E-state index in [2.05, 4.69) is 22.1 Å². The Bertz CT molecular complexity index is 1430. The third-order valence-corrected chi connectivity index (χ3v) is 5.98. The fourth-order valence-electron chi connectivity index (χ4n) is 4.08. The van der Waals surface area contributed by atoms with Crippen molar-refractivity contribution < 1.29 is 45.4 Å². The average Bonchev–Trinajstić information content (AvgIpc) is 3.33. The van der Waals surface area contributed by atoms with Gasteiger partial charge in [-0.05, 0) is 50.3 Å². The Kier molecular flexibility index (Phi) is 9.01. The standard InChI is InChI=1S/C26H26F6N4O5/c1-4-5-11-24(26(30,31)32,40-14-15-9-7-6-8-10-15)21-36-35-20(41-21)18-16(13-23(2,3)34-22(38)39)12-17(19(37)33-18)25(27,28)29/h4,6-10,12,34H,1,5,11,13-14H2,2-3H3,(H,33,37)(H,38,39)/t24-/m1/s1. The Morgan fingerprint density at radius 2 is 1.80 bits per heavy atom. The van der Waals surface area contributed by atoms with Crippen LogP contribution in [-0.2, 0) is 29.5 Å². The van der Waals surface area contributed by atoms with Crippen LogP contribution in [0.25, 0.3) is 11.6 Å². The molecular weight excluding hydrogens is 562 g/mol. The molecule has 1 amide bonds. The molecule has 3 rings (SSSR count). The first kappa shape index (κ1) is 31.4. The monoisotopic (exact) mass is 588 g/mol. The number of halogens is 6. The number of aromatic nitrogens is 3. The molecule has 0 radical (unpaired) electrons. The van der Waals surface area contributed by atoms with E-state index in [-0.39, 0.29) is 12.0 Å². The van der Waals surface area contributed by atoms with Gasteiger partial charge < -0.3 is 24.6 Å². The molecule has 41 heavy (non-hydrogen) atoms. The van der Waals surface area contributed by atoms with E-state index < -0.39 is 77.6 Å². The minimum atomic E-state index is -5.10. The van der Waals surface area contributed by atoms with Crippen molar-refractivity contribution in [2.24, 2.45) is 0 Å². The number of carboxylic acid groups (broad SMARTS) is 1. The molecule has 0 aliphatic heterocycles. The van der Waals surface area contributed by atoms with E-state index >= 15 is 0 Å². The van der Waals surface area contributed by atoms with E-state index in [9.17, 15) is 35.9 Å². The largest absolute Gasteiger partial charge is 0.465 e. The maximum absolute atomic E-state index is 14.6. The van der Waals surface area contributed by atoms with Crippen LogP contribution in [0.4, 0.5) is 31.1 Å². The molecule has 1 atom stereocenters. The number of nitrogens with zero attached hydrogens (tertiary/aromatic N) is 2. The van der Waals surface area contributed by atoms with Gasteiger partial charge in [-0.15, -0.1) is 16.8 Å². The second-order valence-corrected chi connectivity index (χ2v) is 9.74. The summed E-state index contributed by atoms with van der Waals surface area (Å²) in [6, 6.07) is 8.42. The number of H-pyrrole nitrogens is 1. The molecule has 2 aromatic heterocycles. The molecule has 0 saturated carbocycles. The number of pyridine rings is 1. The zero-order valence-corrected chi connectivity index (χ0v) is 21.8. The molecule has 0 saturated heterocycles. The number of ether oxygens (including phenoxy) is 1. The number of alkyl halides is 6. The van der Waals surface area contributed by atoms with Gasteiger partial charge in [0.15, 0.2) is 0 Å². The molecule has 0 bridgehead atoms. The number of hydrogen-bond donors (Lipinski definition) is 3. The van der Waals surface area contributed by atoms with Gasteiger partial charge in [0.2, 0.25) is 5.60 Å². The van der Waals surface area contributed by atoms with Gasteiger partial charge in [-0.3, -0.25) is 4.79 Å². The maximum Gasteiger partial charge on any atom is 0.426 e. The lowest BCUT2D eigenvalue weighted by atomic mass is 9.93. The molecule has 0 aliphatic rings. The summed E-state index contributed by atoms with van der Waals surface area (Å²) in [4.78, 5) is 25.5. The molecule has 3 aromatic rings. The van der Waals surface area contributed by atoms with Crippen LogP contribution >= 0.6 is 0 Å². The van der Waals surface area contributed by atoms with Crippen molar-refractivity contribution in [3.05, 3.63) is 82.0 Å². The highest BCUT2D eigenvalue weighted by molar-refractivity contribution is 5.65. The van der Waals surface area contributed by atoms with E-state index in [0.717, 1.165) is 0 Å². The van der Waals surface area contributed by atoms with Crippen LogP contribution in [0.1, 0.15) is 49.3 Å². The van der Waals surface area contributed by atoms with Crippen LogP contribution < -0.4 is 10.9 Å². The van der Waals surface area contributed by atoms with Gasteiger partial charge in [0.1, 0.15) is 11.3 Å². The summed E-state index contributed by atoms with van der Waals surface area (Å²) in [5.74, 6) is -1.78. The van der Waals surface area contributed by atoms with E-state index in [1.807, 2.05) is 4.98 Å². The summed E-state index contributed by atoms with van der Waals surface area (Å²) in [6.07, 6.45) is -11.8. The number of nitrogens with one attached hydrogen (secondary N) is 2. The molecule has 0 fully saturated rings. The van der Waals surface area contributed by atoms with Gasteiger partial charge in [0, 0.05) is 5.54 Å². The Balaban J connectivity index is 2.17. The number of rotatable bonds is 11. The number of benzene rings is 1. The summed E-state index contributed by atoms with van der Waals surface area (Å²) in [5, 5.41) is 18.4. The lowest BCUT2D eigenvalue weighted by Gasteiger charge is -2.32. The van der Waals surface area contributed by atoms with Crippen molar-refractivity contribution in [3.8, 4) is 11.6 Å². The summed E-state index contributed by atoms with van der Waals surface area (Å²) >= 11 is 0. The first-order valence-electron chi connectivity index (χ1n) is 12.0. The van der Waals surface area contributed by atoms with Crippen molar-refractivity contribution in [3.63, 3.8) is 0 Å². The quantitative estimate of drug-likeness (QED) is 0.186. The van der Waals surface area contributed by atoms with E-state index in [1.54, 1.807) is 30.3 Å². The third-order valence-electron chi connectivity index (χ3n) is 5.98. The van der Waals surface area contributed by atoms with Crippen LogP contribution in [0.15, 0.2) is 58.3 Å². The summed E-state index contributed by atoms with van der Waals surface area (Å²) < 4.78 is 95.2. The Morgan fingerprint density at radius 1 is 1.15 bits per heavy atom. The molecule has 1 aromatic carbocycles. The molecule has 0 aliphatic carbocycles. The Labute approximate surface area is 229 Å². The molecule has 0 unspecified atom stereocenters. The van der Waals surface area contributed by atoms with Crippen molar-refractivity contribution in [1.29, 1.82) is 0 Å². The zero-order chi connectivity index (χ0) is 30.6. The van der Waals surface area contributed by atoms with E-state index in [4.69, 9.17) is 14.3 Å². The smallest absolute Gasteiger partial charge is 0.426 e. The van der Waals surface area contributed by atoms with Gasteiger partial charge in [0.05, 0.1) is 6.61 Å². The van der Waals surface area contributed by atoms with E-state index in [0.29, 0.717) is 11.6 Å². The van der Waals surface area contributed by atoms with Crippen LogP contribution in [0.5, 0.6) is 0 Å². The molecule has 3 N–H and O–H groups in total. The third kappa shape index (κ3) is 7.34. The Morgan fingerprint density at radius 3 is 2.37 bits per heavy atom. The molecule has 2 heterocycles. The molecular formula is C26H26F6N4O5. The SMILES string of the molecule is C=CCC[C@@](OCc1ccccc1)(c1nnc(-c2[nH]c(=O)c(C(F)(F)F)cc2CC(C)(C)NC(=O)O)o1)C(F)(F)F. The number of aromatic amines is 1. The number of amides is 1. The summed E-state index contributed by atoms with van der Waals surface area (Å²) in [7, 11) is 0. The summed E-state index contributed by atoms with van der Waals surface area (Å²) in [6.45, 7) is 5.64. The average molecular weight is 589 g/mol. The second kappa shape index (κ2) is 11.8. The highest BCUT2D eigenvalue weighted by Crippen LogP contribution is 2.46. The lowest BCUT2D eigenvalue weighted by Crippen LogP contribution is -2.45. The molecule has 0 spiro atoms. The van der Waals surface area contributed by atoms with Gasteiger partial charge in [-0.25, -0.2) is 4.79 Å². The first-order valence-corrected chi connectivity index (χ1v) is 12.0. The van der Waals surface area contributed by atoms with Crippen LogP contribution in [0, 0.1) is 0 Å². The van der Waals surface area contributed by atoms with Gasteiger partial charge in [-0.1, -0.05) is 36.4 Å². The lowest BCUT2D eigenvalue weighted by molar-refractivity contribution is -0.299. The molecule has 15 heteroatoms. The van der Waals surface area contributed by atoms with Gasteiger partial charge in [-0.2, -0.15) is 26.3 Å². The van der Waals surface area contributed by atoms with Crippen LogP contribution in [0.3, 0.4) is 0 Å². The van der Waals surface area contributed by atoms with Crippen LogP contribution in [-0.4, -0.2) is 38.1 Å². The number of carbonyl (C=O) groups is 1. The van der Waals surface area contributed by atoms with Crippen molar-refractivity contribution >= 4 is 6.09 Å². The number of hydrogen-bond acceptors (Lipinski definition) is 6. The normalized spacial score (nSPS) is 14.0. The van der Waals surface area contributed by atoms with Crippen molar-refractivity contribution in [1.82, 2.24) is 20.5 Å². The fourth-order valence-corrected chi connectivity index (χ4v) is 4.08. The second-order valence-electron chi connectivity index (χ2n) is 9.74. The highest BCUT2D eigenvalue weighted by Gasteiger charge is 2.61. The van der Waals surface area contributed by atoms with Crippen molar-refractivity contribution in [2.45, 2.75) is 63.2 Å². The zero-order valence-electron chi connectivity index (χ0n) is 21.8. The van der Waals surface area contributed by atoms with Crippen molar-refractivity contribution in [2.75, 3.05) is 0 Å². The first-order chi connectivity index (χ1) is 19.0. The minimum absolute atomic E-state index is 0.191. The van der Waals surface area contributed by atoms with Gasteiger partial charge >= 0.3 is 18.4 Å². The molecule has 9 nitrogen and oxygen atoms in total. The predicted molar refractivity (Wildman–Crippen MR) is 133 cm³/mol. The Hall–Kier alpha value is -4.14. The topological polar surface area (TPSA) is 130 Å². The predicted octanol–water partition coefficient (Wildman–Crippen LogP) is 5.97. The van der Waals surface area contributed by atoms with Crippen LogP contribution in [0.2, 0.25) is 0 Å². The fraction of sp³-hybridized carbons (Fsp3) is 0.385. The van der Waals surface area contributed by atoms with Gasteiger partial charge in [0.25, 0.3) is 17.3 Å². The maximum atomic E-state index is 14.6. The highest BCUT2D eigenvalue weighted by atomic mass is 19.4. The summed E-state index contributed by atoms with van der Waals surface area (Å²) in [5.41, 5.74) is -8.17. The minimum Gasteiger partial charge on any atom is -0.465 e. The number of allylic oxidation sites excluding steroid dienone is 1. The van der Waals surface area contributed by atoms with E-state index in [1.165, 1.54) is 19.9 Å². The molecule has 222 valence electrons.